The SMILES string of the molecule is Cc1cc(C)c(S(=O)(=O)N(Cc2ccccc2)[C@H]2CS(=O)(=O)C[C@@H]2N(Cc2ccccc2)S(=O)(=O)c2cc(C)c(C)cc2C)cc1C. The number of benzene rings is 4. The average molecular weight is 695 g/mol. The van der Waals surface area contributed by atoms with Gasteiger partial charge in [-0.1, -0.05) is 72.8 Å². The first-order valence-corrected chi connectivity index (χ1v) is 20.2. The lowest BCUT2D eigenvalue weighted by Gasteiger charge is -2.37. The predicted molar refractivity (Wildman–Crippen MR) is 186 cm³/mol. The maximum atomic E-state index is 14.8. The van der Waals surface area contributed by atoms with E-state index >= 15 is 0 Å². The number of hydrogen-bond donors (Lipinski definition) is 0. The van der Waals surface area contributed by atoms with Crippen LogP contribution in [0, 0.1) is 41.5 Å². The number of sulfone groups is 1. The highest BCUT2D eigenvalue weighted by Gasteiger charge is 2.51. The third-order valence-electron chi connectivity index (χ3n) is 9.15. The molecular weight excluding hydrogens is 653 g/mol. The first kappa shape index (κ1) is 35.0. The first-order chi connectivity index (χ1) is 22.0. The summed E-state index contributed by atoms with van der Waals surface area (Å²) in [5.74, 6) is -1.03. The fourth-order valence-electron chi connectivity index (χ4n) is 6.32. The summed E-state index contributed by atoms with van der Waals surface area (Å²) in [6, 6.07) is 22.4. The van der Waals surface area contributed by atoms with Crippen LogP contribution in [0.15, 0.2) is 94.7 Å². The highest BCUT2D eigenvalue weighted by atomic mass is 32.2. The van der Waals surface area contributed by atoms with Crippen molar-refractivity contribution < 1.29 is 25.3 Å². The minimum Gasteiger partial charge on any atom is -0.229 e. The van der Waals surface area contributed by atoms with Crippen molar-refractivity contribution in [2.24, 2.45) is 0 Å². The van der Waals surface area contributed by atoms with Gasteiger partial charge in [-0.2, -0.15) is 8.61 Å². The molecule has 4 aromatic rings. The number of hydrogen-bond acceptors (Lipinski definition) is 6. The lowest BCUT2D eigenvalue weighted by Crippen LogP contribution is -2.54. The van der Waals surface area contributed by atoms with Crippen molar-refractivity contribution in [2.45, 2.75) is 76.5 Å². The molecule has 0 N–H and O–H groups in total. The fourth-order valence-corrected chi connectivity index (χ4v) is 12.4. The summed E-state index contributed by atoms with van der Waals surface area (Å²) >= 11 is 0. The second kappa shape index (κ2) is 13.3. The van der Waals surface area contributed by atoms with Crippen molar-refractivity contribution in [3.05, 3.63) is 129 Å². The molecule has 8 nitrogen and oxygen atoms in total. The first-order valence-electron chi connectivity index (χ1n) is 15.5. The lowest BCUT2D eigenvalue weighted by molar-refractivity contribution is 0.219. The molecular formula is C36H42N2O6S3. The number of aryl methyl sites for hydroxylation is 6. The third kappa shape index (κ3) is 7.24. The van der Waals surface area contributed by atoms with E-state index in [1.807, 2.05) is 39.8 Å². The maximum absolute atomic E-state index is 14.8. The monoisotopic (exact) mass is 694 g/mol. The van der Waals surface area contributed by atoms with Gasteiger partial charge in [0.1, 0.15) is 0 Å². The molecule has 250 valence electrons. The molecule has 1 heterocycles. The van der Waals surface area contributed by atoms with E-state index in [0.717, 1.165) is 22.3 Å². The number of sulfonamides is 2. The second-order valence-corrected chi connectivity index (χ2v) is 18.6. The van der Waals surface area contributed by atoms with Crippen LogP contribution in [0.4, 0.5) is 0 Å². The fraction of sp³-hybridized carbons (Fsp3) is 0.333. The second-order valence-electron chi connectivity index (χ2n) is 12.7. The van der Waals surface area contributed by atoms with Crippen LogP contribution in [0.1, 0.15) is 44.5 Å². The van der Waals surface area contributed by atoms with Crippen LogP contribution in [0.5, 0.6) is 0 Å². The molecule has 0 radical (unpaired) electrons. The Morgan fingerprint density at radius 1 is 0.532 bits per heavy atom. The van der Waals surface area contributed by atoms with Gasteiger partial charge < -0.3 is 0 Å². The largest absolute Gasteiger partial charge is 0.243 e. The maximum Gasteiger partial charge on any atom is 0.243 e. The van der Waals surface area contributed by atoms with E-state index in [9.17, 15) is 25.3 Å². The van der Waals surface area contributed by atoms with Gasteiger partial charge in [0.05, 0.1) is 33.4 Å². The van der Waals surface area contributed by atoms with Crippen LogP contribution in [-0.4, -0.2) is 57.5 Å². The smallest absolute Gasteiger partial charge is 0.229 e. The Bertz CT molecular complexity index is 1970. The summed E-state index contributed by atoms with van der Waals surface area (Å²) in [5.41, 5.74) is 5.80. The Kier molecular flexibility index (Phi) is 9.88. The predicted octanol–water partition coefficient (Wildman–Crippen LogP) is 5.78. The lowest BCUT2D eigenvalue weighted by atomic mass is 10.1. The quantitative estimate of drug-likeness (QED) is 0.208. The summed E-state index contributed by atoms with van der Waals surface area (Å²) in [4.78, 5) is 0.143. The molecule has 0 unspecified atom stereocenters. The molecule has 11 heteroatoms. The van der Waals surface area contributed by atoms with Crippen molar-refractivity contribution in [3.63, 3.8) is 0 Å². The molecule has 47 heavy (non-hydrogen) atoms. The van der Waals surface area contributed by atoms with Gasteiger partial charge in [-0.05, 0) is 98.2 Å². The molecule has 0 bridgehead atoms. The van der Waals surface area contributed by atoms with Gasteiger partial charge in [-0.25, -0.2) is 25.3 Å². The van der Waals surface area contributed by atoms with Crippen molar-refractivity contribution in [3.8, 4) is 0 Å². The Hall–Kier alpha value is -3.35. The Balaban J connectivity index is 1.73. The van der Waals surface area contributed by atoms with Gasteiger partial charge in [0.2, 0.25) is 20.0 Å². The Labute approximate surface area is 280 Å². The molecule has 0 saturated carbocycles. The summed E-state index contributed by atoms with van der Waals surface area (Å²) in [6.07, 6.45) is 0. The Morgan fingerprint density at radius 3 is 1.19 bits per heavy atom. The molecule has 0 amide bonds. The van der Waals surface area contributed by atoms with Crippen LogP contribution in [0.25, 0.3) is 0 Å². The Morgan fingerprint density at radius 2 is 0.851 bits per heavy atom. The van der Waals surface area contributed by atoms with E-state index in [1.165, 1.54) is 8.61 Å². The zero-order chi connectivity index (χ0) is 34.3. The zero-order valence-electron chi connectivity index (χ0n) is 27.6. The standard InChI is InChI=1S/C36H42N2O6S3/c1-25-17-29(5)35(19-27(25)3)46(41,42)37(21-31-13-9-7-10-14-31)33-23-45(39,40)24-34(33)38(22-32-15-11-8-12-16-32)47(43,44)36-20-28(4)26(2)18-30(36)6/h7-20,33-34H,21-24H2,1-6H3/t33-,34-/m0/s1. The summed E-state index contributed by atoms with van der Waals surface area (Å²) in [6.45, 7) is 10.6. The van der Waals surface area contributed by atoms with E-state index in [-0.39, 0.29) is 22.9 Å². The van der Waals surface area contributed by atoms with Crippen molar-refractivity contribution >= 4 is 29.9 Å². The van der Waals surface area contributed by atoms with Crippen LogP contribution in [0.2, 0.25) is 0 Å². The zero-order valence-corrected chi connectivity index (χ0v) is 30.1. The van der Waals surface area contributed by atoms with E-state index in [1.54, 1.807) is 86.6 Å². The van der Waals surface area contributed by atoms with Gasteiger partial charge in [0.25, 0.3) is 0 Å². The number of rotatable bonds is 10. The van der Waals surface area contributed by atoms with Gasteiger partial charge >= 0.3 is 0 Å². The topological polar surface area (TPSA) is 109 Å². The molecule has 5 rings (SSSR count). The molecule has 1 fully saturated rings. The van der Waals surface area contributed by atoms with Gasteiger partial charge in [-0.15, -0.1) is 0 Å². The van der Waals surface area contributed by atoms with Crippen LogP contribution < -0.4 is 0 Å². The normalized spacial score (nSPS) is 18.2. The summed E-state index contributed by atoms with van der Waals surface area (Å²) < 4.78 is 88.7. The molecule has 2 atom stereocenters. The molecule has 1 aliphatic rings. The van der Waals surface area contributed by atoms with Crippen molar-refractivity contribution in [1.82, 2.24) is 8.61 Å². The van der Waals surface area contributed by atoms with Crippen molar-refractivity contribution in [2.75, 3.05) is 11.5 Å². The molecule has 1 aliphatic heterocycles. The van der Waals surface area contributed by atoms with Crippen LogP contribution >= 0.6 is 0 Å². The van der Waals surface area contributed by atoms with E-state index in [2.05, 4.69) is 0 Å². The van der Waals surface area contributed by atoms with Crippen molar-refractivity contribution in [1.29, 1.82) is 0 Å². The summed E-state index contributed by atoms with van der Waals surface area (Å²) in [7, 11) is -12.5. The molecule has 0 spiro atoms. The van der Waals surface area contributed by atoms with Gasteiger partial charge in [0, 0.05) is 13.1 Å². The van der Waals surface area contributed by atoms with E-state index in [4.69, 9.17) is 0 Å². The third-order valence-corrected chi connectivity index (χ3v) is 14.9. The average Bonchev–Trinajstić information content (AvgIpc) is 3.33. The van der Waals surface area contributed by atoms with E-state index in [0.29, 0.717) is 22.3 Å². The minimum absolute atomic E-state index is 0.0713. The van der Waals surface area contributed by atoms with E-state index < -0.39 is 53.5 Å². The highest BCUT2D eigenvalue weighted by molar-refractivity contribution is 7.92. The number of nitrogens with zero attached hydrogens (tertiary/aromatic N) is 2. The van der Waals surface area contributed by atoms with Gasteiger partial charge in [-0.3, -0.25) is 0 Å². The minimum atomic E-state index is -4.33. The molecule has 4 aromatic carbocycles. The molecule has 0 aliphatic carbocycles. The summed E-state index contributed by atoms with van der Waals surface area (Å²) in [5, 5.41) is 0. The molecule has 0 aromatic heterocycles. The van der Waals surface area contributed by atoms with Gasteiger partial charge in [0.15, 0.2) is 9.84 Å². The van der Waals surface area contributed by atoms with Crippen LogP contribution in [-0.2, 0) is 43.0 Å². The highest BCUT2D eigenvalue weighted by Crippen LogP contribution is 2.36. The molecule has 1 saturated heterocycles. The van der Waals surface area contributed by atoms with Crippen LogP contribution in [0.3, 0.4) is 0 Å².